The Morgan fingerprint density at radius 2 is 2.38 bits per heavy atom. The number of rotatable bonds is 5. The predicted octanol–water partition coefficient (Wildman–Crippen LogP) is 1.64. The third-order valence-electron chi connectivity index (χ3n) is 2.11. The van der Waals surface area contributed by atoms with Gasteiger partial charge >= 0.3 is 0 Å². The fourth-order valence-corrected chi connectivity index (χ4v) is 0.957. The molecular formula is C9H17N3O. The Bertz CT molecular complexity index is 231. The summed E-state index contributed by atoms with van der Waals surface area (Å²) in [5.41, 5.74) is 0.961. The van der Waals surface area contributed by atoms with Gasteiger partial charge in [0.05, 0.1) is 17.5 Å². The highest BCUT2D eigenvalue weighted by Crippen LogP contribution is 2.13. The van der Waals surface area contributed by atoms with Crippen molar-refractivity contribution in [1.29, 1.82) is 0 Å². The minimum Gasteiger partial charge on any atom is -0.382 e. The zero-order chi connectivity index (χ0) is 9.73. The molecule has 0 spiro atoms. The summed E-state index contributed by atoms with van der Waals surface area (Å²) in [7, 11) is 1.73. The van der Waals surface area contributed by atoms with E-state index in [0.29, 0.717) is 0 Å². The molecule has 0 saturated carbocycles. The first kappa shape index (κ1) is 10.1. The van der Waals surface area contributed by atoms with E-state index in [1.807, 2.05) is 6.20 Å². The number of hydrogen-bond acceptors (Lipinski definition) is 3. The summed E-state index contributed by atoms with van der Waals surface area (Å²) >= 11 is 0. The van der Waals surface area contributed by atoms with Crippen LogP contribution < -0.4 is 5.32 Å². The Kier molecular flexibility index (Phi) is 3.31. The lowest BCUT2D eigenvalue weighted by Gasteiger charge is -2.22. The Labute approximate surface area is 78.7 Å². The normalized spacial score (nSPS) is 11.6. The maximum absolute atomic E-state index is 5.29. The third kappa shape index (κ3) is 3.46. The van der Waals surface area contributed by atoms with E-state index in [1.165, 1.54) is 0 Å². The molecule has 0 amide bonds. The molecule has 2 N–H and O–H groups in total. The molecule has 0 atom stereocenters. The summed E-state index contributed by atoms with van der Waals surface area (Å²) in [6.07, 6.45) is 4.56. The van der Waals surface area contributed by atoms with Crippen molar-refractivity contribution in [2.75, 3.05) is 19.0 Å². The van der Waals surface area contributed by atoms with Crippen LogP contribution in [0, 0.1) is 0 Å². The van der Waals surface area contributed by atoms with Crippen LogP contribution in [0.4, 0.5) is 5.69 Å². The monoisotopic (exact) mass is 183 g/mol. The molecule has 74 valence electrons. The van der Waals surface area contributed by atoms with Gasteiger partial charge in [0, 0.05) is 19.9 Å². The van der Waals surface area contributed by atoms with Crippen LogP contribution in [0.2, 0.25) is 0 Å². The molecular weight excluding hydrogens is 166 g/mol. The lowest BCUT2D eigenvalue weighted by molar-refractivity contribution is 0.0185. The van der Waals surface area contributed by atoms with Crippen molar-refractivity contribution < 1.29 is 4.74 Å². The summed E-state index contributed by atoms with van der Waals surface area (Å²) in [6.45, 7) is 5.04. The average Bonchev–Trinajstić information content (AvgIpc) is 2.57. The van der Waals surface area contributed by atoms with Crippen molar-refractivity contribution in [1.82, 2.24) is 10.2 Å². The van der Waals surface area contributed by atoms with Crippen LogP contribution in [0.25, 0.3) is 0 Å². The molecule has 0 radical (unpaired) electrons. The van der Waals surface area contributed by atoms with E-state index < -0.39 is 0 Å². The van der Waals surface area contributed by atoms with E-state index in [2.05, 4.69) is 29.4 Å². The van der Waals surface area contributed by atoms with Crippen molar-refractivity contribution in [2.24, 2.45) is 0 Å². The second kappa shape index (κ2) is 4.28. The molecule has 4 heteroatoms. The number of H-pyrrole nitrogens is 1. The molecule has 1 rings (SSSR count). The SMILES string of the molecule is COC(C)(C)CCNc1cn[nH]c1. The molecule has 1 aromatic rings. The molecule has 0 bridgehead atoms. The van der Waals surface area contributed by atoms with Gasteiger partial charge in [-0.15, -0.1) is 0 Å². The lowest BCUT2D eigenvalue weighted by Crippen LogP contribution is -2.25. The van der Waals surface area contributed by atoms with Gasteiger partial charge in [-0.1, -0.05) is 0 Å². The summed E-state index contributed by atoms with van der Waals surface area (Å²) in [5, 5.41) is 9.83. The minimum absolute atomic E-state index is 0.0588. The van der Waals surface area contributed by atoms with Crippen LogP contribution >= 0.6 is 0 Å². The zero-order valence-electron chi connectivity index (χ0n) is 8.42. The van der Waals surface area contributed by atoms with Gasteiger partial charge in [0.1, 0.15) is 0 Å². The first-order chi connectivity index (χ1) is 6.14. The van der Waals surface area contributed by atoms with Crippen molar-refractivity contribution in [3.63, 3.8) is 0 Å². The molecule has 0 aliphatic heterocycles. The standard InChI is InChI=1S/C9H17N3O/c1-9(2,13-3)4-5-10-8-6-11-12-7-8/h6-7,10H,4-5H2,1-3H3,(H,11,12). The third-order valence-corrected chi connectivity index (χ3v) is 2.11. The topological polar surface area (TPSA) is 49.9 Å². The van der Waals surface area contributed by atoms with Crippen molar-refractivity contribution in [2.45, 2.75) is 25.9 Å². The Hall–Kier alpha value is -1.03. The molecule has 0 fully saturated rings. The van der Waals surface area contributed by atoms with Gasteiger partial charge in [0.2, 0.25) is 0 Å². The number of anilines is 1. The zero-order valence-corrected chi connectivity index (χ0v) is 8.42. The van der Waals surface area contributed by atoms with E-state index in [0.717, 1.165) is 18.7 Å². The van der Waals surface area contributed by atoms with Gasteiger partial charge in [-0.3, -0.25) is 5.10 Å². The van der Waals surface area contributed by atoms with Crippen LogP contribution in [0.1, 0.15) is 20.3 Å². The smallest absolute Gasteiger partial charge is 0.0723 e. The number of nitrogens with one attached hydrogen (secondary N) is 2. The van der Waals surface area contributed by atoms with Gasteiger partial charge < -0.3 is 10.1 Å². The van der Waals surface area contributed by atoms with Crippen molar-refractivity contribution in [3.8, 4) is 0 Å². The maximum atomic E-state index is 5.29. The Morgan fingerprint density at radius 3 is 2.92 bits per heavy atom. The largest absolute Gasteiger partial charge is 0.382 e. The number of aromatic amines is 1. The summed E-state index contributed by atoms with van der Waals surface area (Å²) in [4.78, 5) is 0. The second-order valence-electron chi connectivity index (χ2n) is 3.63. The molecule has 1 heterocycles. The fraction of sp³-hybridized carbons (Fsp3) is 0.667. The summed E-state index contributed by atoms with van der Waals surface area (Å²) in [5.74, 6) is 0. The second-order valence-corrected chi connectivity index (χ2v) is 3.63. The molecule has 0 unspecified atom stereocenters. The highest BCUT2D eigenvalue weighted by atomic mass is 16.5. The quantitative estimate of drug-likeness (QED) is 0.729. The molecule has 0 saturated heterocycles. The van der Waals surface area contributed by atoms with Gasteiger partial charge in [-0.2, -0.15) is 5.10 Å². The molecule has 0 aliphatic carbocycles. The predicted molar refractivity (Wildman–Crippen MR) is 52.8 cm³/mol. The highest BCUT2D eigenvalue weighted by molar-refractivity contribution is 5.37. The van der Waals surface area contributed by atoms with Crippen LogP contribution in [-0.2, 0) is 4.74 Å². The average molecular weight is 183 g/mol. The summed E-state index contributed by atoms with van der Waals surface area (Å²) in [6, 6.07) is 0. The van der Waals surface area contributed by atoms with Crippen molar-refractivity contribution >= 4 is 5.69 Å². The maximum Gasteiger partial charge on any atom is 0.0723 e. The number of aromatic nitrogens is 2. The van der Waals surface area contributed by atoms with Gasteiger partial charge in [0.15, 0.2) is 0 Å². The van der Waals surface area contributed by atoms with Gasteiger partial charge in [-0.05, 0) is 20.3 Å². The minimum atomic E-state index is -0.0588. The van der Waals surface area contributed by atoms with E-state index in [9.17, 15) is 0 Å². The fourth-order valence-electron chi connectivity index (χ4n) is 0.957. The van der Waals surface area contributed by atoms with Crippen LogP contribution in [-0.4, -0.2) is 29.5 Å². The van der Waals surface area contributed by atoms with E-state index in [4.69, 9.17) is 4.74 Å². The molecule has 13 heavy (non-hydrogen) atoms. The number of nitrogens with zero attached hydrogens (tertiary/aromatic N) is 1. The van der Waals surface area contributed by atoms with Crippen LogP contribution in [0.15, 0.2) is 12.4 Å². The Morgan fingerprint density at radius 1 is 1.62 bits per heavy atom. The number of ether oxygens (including phenoxy) is 1. The number of hydrogen-bond donors (Lipinski definition) is 2. The van der Waals surface area contributed by atoms with Crippen molar-refractivity contribution in [3.05, 3.63) is 12.4 Å². The Balaban J connectivity index is 2.21. The van der Waals surface area contributed by atoms with E-state index in [-0.39, 0.29) is 5.60 Å². The first-order valence-electron chi connectivity index (χ1n) is 4.42. The number of methoxy groups -OCH3 is 1. The molecule has 4 nitrogen and oxygen atoms in total. The summed E-state index contributed by atoms with van der Waals surface area (Å²) < 4.78 is 5.29. The van der Waals surface area contributed by atoms with Gasteiger partial charge in [0.25, 0.3) is 0 Å². The molecule has 0 aliphatic rings. The first-order valence-corrected chi connectivity index (χ1v) is 4.42. The molecule has 1 aromatic heterocycles. The highest BCUT2D eigenvalue weighted by Gasteiger charge is 2.14. The lowest BCUT2D eigenvalue weighted by atomic mass is 10.1. The van der Waals surface area contributed by atoms with E-state index in [1.54, 1.807) is 13.3 Å². The van der Waals surface area contributed by atoms with E-state index >= 15 is 0 Å². The van der Waals surface area contributed by atoms with Crippen LogP contribution in [0.3, 0.4) is 0 Å². The van der Waals surface area contributed by atoms with Gasteiger partial charge in [-0.25, -0.2) is 0 Å². The van der Waals surface area contributed by atoms with Crippen LogP contribution in [0.5, 0.6) is 0 Å². The molecule has 0 aromatic carbocycles.